The Bertz CT molecular complexity index is 1020. The van der Waals surface area contributed by atoms with Crippen LogP contribution in [0.1, 0.15) is 10.4 Å². The number of carboxylic acid groups (broad SMARTS) is 1. The molecule has 0 saturated heterocycles. The topological polar surface area (TPSA) is 78.9 Å². The summed E-state index contributed by atoms with van der Waals surface area (Å²) in [6, 6.07) is 16.8. The Kier molecular flexibility index (Phi) is 2.66. The normalized spacial score (nSPS) is 11.1. The number of aromatic amines is 1. The molecule has 2 aromatic heterocycles. The molecule has 0 saturated carbocycles. The van der Waals surface area contributed by atoms with Gasteiger partial charge in [-0.2, -0.15) is 5.10 Å². The van der Waals surface area contributed by atoms with Gasteiger partial charge in [0.05, 0.1) is 22.5 Å². The highest BCUT2D eigenvalue weighted by atomic mass is 16.4. The van der Waals surface area contributed by atoms with Crippen molar-refractivity contribution in [3.8, 4) is 11.4 Å². The van der Waals surface area contributed by atoms with Gasteiger partial charge in [0.25, 0.3) is 0 Å². The smallest absolute Gasteiger partial charge is 0.337 e. The number of hydrogen-bond acceptors (Lipinski definition) is 3. The van der Waals surface area contributed by atoms with E-state index >= 15 is 0 Å². The number of fused-ring (bicyclic) bond motifs is 2. The standard InChI is InChI=1S/C17H11N3O2/c21-17(22)12-6-3-5-11-15(12)19-20-16(11)14-9-8-10-4-1-2-7-13(10)18-14/h1-9H,(H,19,20)(H,21,22). The summed E-state index contributed by atoms with van der Waals surface area (Å²) in [5.74, 6) is -0.991. The minimum Gasteiger partial charge on any atom is -0.478 e. The molecular weight excluding hydrogens is 278 g/mol. The Balaban J connectivity index is 1.96. The van der Waals surface area contributed by atoms with Gasteiger partial charge in [-0.25, -0.2) is 9.78 Å². The van der Waals surface area contributed by atoms with Gasteiger partial charge in [-0.15, -0.1) is 0 Å². The van der Waals surface area contributed by atoms with E-state index in [9.17, 15) is 9.90 Å². The fourth-order valence-corrected chi connectivity index (χ4v) is 2.61. The zero-order valence-corrected chi connectivity index (χ0v) is 11.4. The van der Waals surface area contributed by atoms with Gasteiger partial charge in [0.1, 0.15) is 5.52 Å². The SMILES string of the molecule is O=C(O)c1cccc2c(-c3ccc4ccccc4n3)[nH]nc12. The van der Waals surface area contributed by atoms with Crippen molar-refractivity contribution >= 4 is 27.8 Å². The highest BCUT2D eigenvalue weighted by Gasteiger charge is 2.15. The van der Waals surface area contributed by atoms with Crippen LogP contribution < -0.4 is 0 Å². The lowest BCUT2D eigenvalue weighted by atomic mass is 10.1. The summed E-state index contributed by atoms with van der Waals surface area (Å²) in [6.45, 7) is 0. The highest BCUT2D eigenvalue weighted by molar-refractivity contribution is 6.05. The summed E-state index contributed by atoms with van der Waals surface area (Å²) < 4.78 is 0. The van der Waals surface area contributed by atoms with Crippen LogP contribution in [0.25, 0.3) is 33.2 Å². The van der Waals surface area contributed by atoms with Crippen LogP contribution in [0.4, 0.5) is 0 Å². The fourth-order valence-electron chi connectivity index (χ4n) is 2.61. The molecule has 2 aromatic carbocycles. The second-order valence-corrected chi connectivity index (χ2v) is 4.99. The summed E-state index contributed by atoms with van der Waals surface area (Å²) in [5, 5.41) is 18.1. The lowest BCUT2D eigenvalue weighted by molar-refractivity contribution is 0.0699. The first-order chi connectivity index (χ1) is 10.7. The van der Waals surface area contributed by atoms with Crippen LogP contribution in [0.3, 0.4) is 0 Å². The molecule has 0 aliphatic heterocycles. The van der Waals surface area contributed by atoms with E-state index in [-0.39, 0.29) is 5.56 Å². The molecular formula is C17H11N3O2. The van der Waals surface area contributed by atoms with Crippen molar-refractivity contribution in [1.82, 2.24) is 15.2 Å². The maximum atomic E-state index is 11.3. The number of pyridine rings is 1. The fraction of sp³-hybridized carbons (Fsp3) is 0. The molecule has 0 bridgehead atoms. The van der Waals surface area contributed by atoms with Crippen LogP contribution in [-0.4, -0.2) is 26.3 Å². The number of nitrogens with one attached hydrogen (secondary N) is 1. The average Bonchev–Trinajstić information content (AvgIpc) is 2.98. The number of rotatable bonds is 2. The van der Waals surface area contributed by atoms with E-state index < -0.39 is 5.97 Å². The first kappa shape index (κ1) is 12.5. The molecule has 0 amide bonds. The van der Waals surface area contributed by atoms with Crippen LogP contribution in [0, 0.1) is 0 Å². The van der Waals surface area contributed by atoms with Gasteiger partial charge in [-0.05, 0) is 18.2 Å². The van der Waals surface area contributed by atoms with Crippen LogP contribution >= 0.6 is 0 Å². The van der Waals surface area contributed by atoms with Crippen molar-refractivity contribution in [2.24, 2.45) is 0 Å². The van der Waals surface area contributed by atoms with E-state index in [4.69, 9.17) is 0 Å². The number of aromatic carboxylic acids is 1. The third kappa shape index (κ3) is 1.83. The molecule has 0 fully saturated rings. The van der Waals surface area contributed by atoms with Crippen molar-refractivity contribution in [1.29, 1.82) is 0 Å². The first-order valence-corrected chi connectivity index (χ1v) is 6.80. The van der Waals surface area contributed by atoms with Crippen molar-refractivity contribution in [3.63, 3.8) is 0 Å². The molecule has 22 heavy (non-hydrogen) atoms. The van der Waals surface area contributed by atoms with Gasteiger partial charge >= 0.3 is 5.97 Å². The van der Waals surface area contributed by atoms with Crippen LogP contribution in [0.2, 0.25) is 0 Å². The summed E-state index contributed by atoms with van der Waals surface area (Å²) >= 11 is 0. The lowest BCUT2D eigenvalue weighted by Gasteiger charge is -2.02. The van der Waals surface area contributed by atoms with Gasteiger partial charge in [0.15, 0.2) is 0 Å². The highest BCUT2D eigenvalue weighted by Crippen LogP contribution is 2.28. The maximum absolute atomic E-state index is 11.3. The number of carboxylic acids is 1. The molecule has 5 nitrogen and oxygen atoms in total. The molecule has 4 aromatic rings. The zero-order valence-electron chi connectivity index (χ0n) is 11.4. The van der Waals surface area contributed by atoms with Crippen molar-refractivity contribution < 1.29 is 9.90 Å². The van der Waals surface area contributed by atoms with Crippen molar-refractivity contribution in [3.05, 3.63) is 60.2 Å². The quantitative estimate of drug-likeness (QED) is 0.592. The molecule has 2 heterocycles. The van der Waals surface area contributed by atoms with E-state index in [1.165, 1.54) is 0 Å². The van der Waals surface area contributed by atoms with Gasteiger partial charge in [0.2, 0.25) is 0 Å². The minimum absolute atomic E-state index is 0.181. The predicted octanol–water partition coefficient (Wildman–Crippen LogP) is 3.48. The molecule has 0 unspecified atom stereocenters. The molecule has 0 aliphatic rings. The van der Waals surface area contributed by atoms with Crippen molar-refractivity contribution in [2.45, 2.75) is 0 Å². The monoisotopic (exact) mass is 289 g/mol. The number of hydrogen-bond donors (Lipinski definition) is 2. The number of benzene rings is 2. The average molecular weight is 289 g/mol. The molecule has 5 heteroatoms. The van der Waals surface area contributed by atoms with E-state index in [0.29, 0.717) is 5.52 Å². The van der Waals surface area contributed by atoms with Gasteiger partial charge in [-0.3, -0.25) is 5.10 Å². The lowest BCUT2D eigenvalue weighted by Crippen LogP contribution is -1.96. The van der Waals surface area contributed by atoms with E-state index in [0.717, 1.165) is 27.7 Å². The number of aromatic nitrogens is 3. The molecule has 4 rings (SSSR count). The second-order valence-electron chi connectivity index (χ2n) is 4.99. The summed E-state index contributed by atoms with van der Waals surface area (Å²) in [6.07, 6.45) is 0. The van der Waals surface area contributed by atoms with Gasteiger partial charge in [0, 0.05) is 10.8 Å². The van der Waals surface area contributed by atoms with E-state index in [2.05, 4.69) is 15.2 Å². The van der Waals surface area contributed by atoms with E-state index in [1.54, 1.807) is 12.1 Å². The minimum atomic E-state index is -0.991. The van der Waals surface area contributed by atoms with E-state index in [1.807, 2.05) is 42.5 Å². The van der Waals surface area contributed by atoms with Crippen LogP contribution in [0.15, 0.2) is 54.6 Å². The third-order valence-corrected chi connectivity index (χ3v) is 3.67. The number of para-hydroxylation sites is 2. The molecule has 0 aliphatic carbocycles. The molecule has 0 radical (unpaired) electrons. The van der Waals surface area contributed by atoms with Gasteiger partial charge < -0.3 is 5.11 Å². The summed E-state index contributed by atoms with van der Waals surface area (Å²) in [4.78, 5) is 15.9. The summed E-state index contributed by atoms with van der Waals surface area (Å²) in [7, 11) is 0. The van der Waals surface area contributed by atoms with Crippen molar-refractivity contribution in [2.75, 3.05) is 0 Å². The zero-order chi connectivity index (χ0) is 15.1. The Hall–Kier alpha value is -3.21. The Morgan fingerprint density at radius 3 is 2.73 bits per heavy atom. The Morgan fingerprint density at radius 2 is 1.86 bits per heavy atom. The Labute approximate surface area is 125 Å². The predicted molar refractivity (Wildman–Crippen MR) is 83.8 cm³/mol. The number of nitrogens with zero attached hydrogens (tertiary/aromatic N) is 2. The Morgan fingerprint density at radius 1 is 1.00 bits per heavy atom. The largest absolute Gasteiger partial charge is 0.478 e. The molecule has 106 valence electrons. The number of H-pyrrole nitrogens is 1. The third-order valence-electron chi connectivity index (χ3n) is 3.67. The molecule has 0 spiro atoms. The van der Waals surface area contributed by atoms with Crippen LogP contribution in [0.5, 0.6) is 0 Å². The van der Waals surface area contributed by atoms with Gasteiger partial charge in [-0.1, -0.05) is 36.4 Å². The molecule has 2 N–H and O–H groups in total. The first-order valence-electron chi connectivity index (χ1n) is 6.80. The van der Waals surface area contributed by atoms with Crippen LogP contribution in [-0.2, 0) is 0 Å². The summed E-state index contributed by atoms with van der Waals surface area (Å²) in [5.41, 5.74) is 2.98. The second kappa shape index (κ2) is 4.66. The molecule has 0 atom stereocenters. The maximum Gasteiger partial charge on any atom is 0.337 e. The number of carbonyl (C=O) groups is 1.